The molecular formula is C9H12N2O4S. The molecule has 1 rings (SSSR count). The van der Waals surface area contributed by atoms with E-state index < -0.39 is 11.5 Å². The number of hydrogen-bond acceptors (Lipinski definition) is 5. The molecule has 0 fully saturated rings. The highest BCUT2D eigenvalue weighted by Crippen LogP contribution is 2.19. The number of aliphatic carboxylic acids is 1. The second kappa shape index (κ2) is 5.02. The van der Waals surface area contributed by atoms with Crippen LogP contribution in [0.15, 0.2) is 11.1 Å². The van der Waals surface area contributed by atoms with Gasteiger partial charge >= 0.3 is 5.97 Å². The number of carboxylic acid groups (broad SMARTS) is 1. The molecule has 0 aliphatic heterocycles. The van der Waals surface area contributed by atoms with Crippen molar-refractivity contribution in [3.8, 4) is 5.88 Å². The van der Waals surface area contributed by atoms with Crippen LogP contribution in [0, 0.1) is 0 Å². The van der Waals surface area contributed by atoms with Gasteiger partial charge in [-0.1, -0.05) is 13.8 Å². The molecule has 0 atom stereocenters. The minimum Gasteiger partial charge on any atom is -0.493 e. The normalized spacial score (nSPS) is 10.7. The maximum Gasteiger partial charge on any atom is 0.315 e. The van der Waals surface area contributed by atoms with E-state index >= 15 is 0 Å². The Labute approximate surface area is 96.1 Å². The molecule has 0 aliphatic carbocycles. The standard InChI is InChI=1S/C9H12N2O4S/c1-5(2)7-8(14)10-4-11(9(7)15)16-3-6(12)13/h4-5,14H,3H2,1-2H3,(H,12,13). The molecule has 0 aromatic carbocycles. The first-order valence-electron chi connectivity index (χ1n) is 4.59. The summed E-state index contributed by atoms with van der Waals surface area (Å²) in [4.78, 5) is 25.8. The molecule has 1 aromatic rings. The Morgan fingerprint density at radius 1 is 1.62 bits per heavy atom. The molecule has 0 aliphatic rings. The Kier molecular flexibility index (Phi) is 3.94. The lowest BCUT2D eigenvalue weighted by Gasteiger charge is -2.09. The van der Waals surface area contributed by atoms with E-state index in [1.54, 1.807) is 13.8 Å². The van der Waals surface area contributed by atoms with Gasteiger partial charge in [0.25, 0.3) is 5.56 Å². The van der Waals surface area contributed by atoms with Gasteiger partial charge in [0.15, 0.2) is 0 Å². The highest BCUT2D eigenvalue weighted by molar-refractivity contribution is 7.98. The van der Waals surface area contributed by atoms with Crippen LogP contribution in [0.3, 0.4) is 0 Å². The van der Waals surface area contributed by atoms with Crippen LogP contribution < -0.4 is 5.56 Å². The van der Waals surface area contributed by atoms with Crippen molar-refractivity contribution >= 4 is 17.9 Å². The van der Waals surface area contributed by atoms with Gasteiger partial charge in [-0.2, -0.15) is 0 Å². The van der Waals surface area contributed by atoms with E-state index in [0.717, 1.165) is 22.2 Å². The van der Waals surface area contributed by atoms with Crippen molar-refractivity contribution in [2.24, 2.45) is 0 Å². The van der Waals surface area contributed by atoms with E-state index in [1.807, 2.05) is 0 Å². The summed E-state index contributed by atoms with van der Waals surface area (Å²) in [5.41, 5.74) is -0.228. The van der Waals surface area contributed by atoms with Gasteiger partial charge in [-0.15, -0.1) is 0 Å². The molecule has 16 heavy (non-hydrogen) atoms. The molecule has 1 heterocycles. The van der Waals surface area contributed by atoms with Crippen LogP contribution in [0.4, 0.5) is 0 Å². The van der Waals surface area contributed by atoms with Gasteiger partial charge in [0, 0.05) is 0 Å². The fraction of sp³-hybridized carbons (Fsp3) is 0.444. The van der Waals surface area contributed by atoms with Crippen LogP contribution in [0.1, 0.15) is 25.3 Å². The van der Waals surface area contributed by atoms with Crippen molar-refractivity contribution in [1.29, 1.82) is 0 Å². The first kappa shape index (κ1) is 12.6. The van der Waals surface area contributed by atoms with E-state index in [1.165, 1.54) is 0 Å². The Hall–Kier alpha value is -1.50. The number of aromatic nitrogens is 2. The molecular weight excluding hydrogens is 232 g/mol. The van der Waals surface area contributed by atoms with Crippen molar-refractivity contribution in [3.63, 3.8) is 0 Å². The summed E-state index contributed by atoms with van der Waals surface area (Å²) in [5, 5.41) is 17.9. The topological polar surface area (TPSA) is 92.4 Å². The smallest absolute Gasteiger partial charge is 0.315 e. The SMILES string of the molecule is CC(C)c1c(O)ncn(SCC(=O)O)c1=O. The lowest BCUT2D eigenvalue weighted by Crippen LogP contribution is -2.22. The van der Waals surface area contributed by atoms with Crippen LogP contribution >= 0.6 is 11.9 Å². The molecule has 0 unspecified atom stereocenters. The summed E-state index contributed by atoms with van der Waals surface area (Å²) < 4.78 is 1.11. The van der Waals surface area contributed by atoms with Crippen LogP contribution in [0.2, 0.25) is 0 Å². The van der Waals surface area contributed by atoms with Crippen LogP contribution in [-0.2, 0) is 4.79 Å². The van der Waals surface area contributed by atoms with E-state index in [-0.39, 0.29) is 23.1 Å². The van der Waals surface area contributed by atoms with Crippen molar-refractivity contribution in [1.82, 2.24) is 8.96 Å². The predicted molar refractivity (Wildman–Crippen MR) is 59.7 cm³/mol. The number of carbonyl (C=O) groups is 1. The van der Waals surface area contributed by atoms with Crippen LogP contribution in [0.25, 0.3) is 0 Å². The Balaban J connectivity index is 3.09. The van der Waals surface area contributed by atoms with Crippen molar-refractivity contribution in [2.75, 3.05) is 5.75 Å². The largest absolute Gasteiger partial charge is 0.493 e. The zero-order valence-corrected chi connectivity index (χ0v) is 9.69. The Bertz CT molecular complexity index is 455. The van der Waals surface area contributed by atoms with Gasteiger partial charge < -0.3 is 10.2 Å². The predicted octanol–water partition coefficient (Wildman–Crippen LogP) is 0.653. The summed E-state index contributed by atoms with van der Waals surface area (Å²) >= 11 is 0.826. The highest BCUT2D eigenvalue weighted by atomic mass is 32.2. The van der Waals surface area contributed by atoms with E-state index in [2.05, 4.69) is 4.98 Å². The number of rotatable bonds is 4. The summed E-state index contributed by atoms with van der Waals surface area (Å²) in [6, 6.07) is 0. The highest BCUT2D eigenvalue weighted by Gasteiger charge is 2.15. The van der Waals surface area contributed by atoms with Gasteiger partial charge in [-0.05, 0) is 17.9 Å². The third-order valence-electron chi connectivity index (χ3n) is 1.86. The molecule has 1 aromatic heterocycles. The van der Waals surface area contributed by atoms with E-state index in [4.69, 9.17) is 5.11 Å². The fourth-order valence-electron chi connectivity index (χ4n) is 1.17. The van der Waals surface area contributed by atoms with Crippen LogP contribution in [-0.4, -0.2) is 30.9 Å². The monoisotopic (exact) mass is 244 g/mol. The lowest BCUT2D eigenvalue weighted by atomic mass is 10.1. The van der Waals surface area contributed by atoms with Gasteiger partial charge in [-0.25, -0.2) is 8.96 Å². The van der Waals surface area contributed by atoms with Gasteiger partial charge in [0.1, 0.15) is 12.1 Å². The zero-order chi connectivity index (χ0) is 12.3. The van der Waals surface area contributed by atoms with E-state index in [0.29, 0.717) is 0 Å². The molecule has 0 radical (unpaired) electrons. The van der Waals surface area contributed by atoms with Crippen LogP contribution in [0.5, 0.6) is 5.88 Å². The Morgan fingerprint density at radius 3 is 2.75 bits per heavy atom. The molecule has 7 heteroatoms. The zero-order valence-electron chi connectivity index (χ0n) is 8.88. The summed E-state index contributed by atoms with van der Waals surface area (Å²) in [5.74, 6) is -1.72. The minimum atomic E-state index is -1.02. The second-order valence-corrected chi connectivity index (χ2v) is 4.37. The van der Waals surface area contributed by atoms with Crippen molar-refractivity contribution in [3.05, 3.63) is 22.2 Å². The first-order valence-corrected chi connectivity index (χ1v) is 5.53. The molecule has 6 nitrogen and oxygen atoms in total. The van der Waals surface area contributed by atoms with Gasteiger partial charge in [-0.3, -0.25) is 9.59 Å². The Morgan fingerprint density at radius 2 is 2.25 bits per heavy atom. The third kappa shape index (κ3) is 2.75. The molecule has 0 saturated carbocycles. The average Bonchev–Trinajstić information content (AvgIpc) is 2.15. The quantitative estimate of drug-likeness (QED) is 0.808. The maximum atomic E-state index is 11.8. The number of carboxylic acids is 1. The van der Waals surface area contributed by atoms with Gasteiger partial charge in [0.05, 0.1) is 5.56 Å². The second-order valence-electron chi connectivity index (χ2n) is 3.43. The van der Waals surface area contributed by atoms with Crippen molar-refractivity contribution < 1.29 is 15.0 Å². The number of aromatic hydroxyl groups is 1. The minimum absolute atomic E-state index is 0.169. The summed E-state index contributed by atoms with van der Waals surface area (Å²) in [6.07, 6.45) is 1.12. The first-order chi connectivity index (χ1) is 7.43. The molecule has 88 valence electrons. The lowest BCUT2D eigenvalue weighted by molar-refractivity contribution is -0.133. The third-order valence-corrected chi connectivity index (χ3v) is 2.78. The number of nitrogens with zero attached hydrogens (tertiary/aromatic N) is 2. The molecule has 0 bridgehead atoms. The average molecular weight is 244 g/mol. The molecule has 0 saturated heterocycles. The summed E-state index contributed by atoms with van der Waals surface area (Å²) in [6.45, 7) is 3.51. The molecule has 0 spiro atoms. The maximum absolute atomic E-state index is 11.8. The fourth-order valence-corrected chi connectivity index (χ4v) is 1.74. The van der Waals surface area contributed by atoms with E-state index in [9.17, 15) is 14.7 Å². The van der Waals surface area contributed by atoms with Crippen molar-refractivity contribution in [2.45, 2.75) is 19.8 Å². The number of hydrogen-bond donors (Lipinski definition) is 2. The summed E-state index contributed by atoms with van der Waals surface area (Å²) in [7, 11) is 0. The molecule has 2 N–H and O–H groups in total. The van der Waals surface area contributed by atoms with Gasteiger partial charge in [0.2, 0.25) is 5.88 Å². The molecule has 0 amide bonds.